The summed E-state index contributed by atoms with van der Waals surface area (Å²) in [6.07, 6.45) is 5.05. The number of nitrogens with one attached hydrogen (secondary N) is 1. The molecular formula is C19H25BrN2S. The Hall–Kier alpha value is -0.710. The first kappa shape index (κ1) is 17.1. The molecule has 23 heavy (non-hydrogen) atoms. The molecule has 1 aliphatic heterocycles. The summed E-state index contributed by atoms with van der Waals surface area (Å²) in [7, 11) is 0. The molecule has 0 radical (unpaired) electrons. The average molecular weight is 393 g/mol. The zero-order valence-electron chi connectivity index (χ0n) is 13.9. The Bertz CT molecular complexity index is 686. The molecular weight excluding hydrogens is 368 g/mol. The predicted molar refractivity (Wildman–Crippen MR) is 104 cm³/mol. The van der Waals surface area contributed by atoms with Gasteiger partial charge in [0.05, 0.1) is 10.7 Å². The molecule has 0 spiro atoms. The van der Waals surface area contributed by atoms with Gasteiger partial charge >= 0.3 is 0 Å². The third kappa shape index (κ3) is 3.26. The zero-order chi connectivity index (χ0) is 15.2. The van der Waals surface area contributed by atoms with Crippen molar-refractivity contribution in [3.05, 3.63) is 39.7 Å². The summed E-state index contributed by atoms with van der Waals surface area (Å²) in [6, 6.07) is 7.01. The summed E-state index contributed by atoms with van der Waals surface area (Å²) in [4.78, 5) is 4.93. The van der Waals surface area contributed by atoms with Gasteiger partial charge in [-0.05, 0) is 54.8 Å². The highest BCUT2D eigenvalue weighted by molar-refractivity contribution is 8.93. The van der Waals surface area contributed by atoms with Gasteiger partial charge in [0.1, 0.15) is 0 Å². The largest absolute Gasteiger partial charge is 0.316 e. The fourth-order valence-electron chi connectivity index (χ4n) is 3.95. The number of rotatable bonds is 2. The smallest absolute Gasteiger partial charge is 0.0976 e. The van der Waals surface area contributed by atoms with Crippen molar-refractivity contribution in [3.63, 3.8) is 0 Å². The average Bonchev–Trinajstić information content (AvgIpc) is 3.18. The Labute approximate surface area is 153 Å². The lowest BCUT2D eigenvalue weighted by molar-refractivity contribution is 0.432. The summed E-state index contributed by atoms with van der Waals surface area (Å²) in [5.74, 6) is 0.621. The van der Waals surface area contributed by atoms with Crippen molar-refractivity contribution < 1.29 is 0 Å². The molecule has 1 fully saturated rings. The molecule has 1 atom stereocenters. The van der Waals surface area contributed by atoms with Gasteiger partial charge < -0.3 is 5.32 Å². The predicted octanol–water partition coefficient (Wildman–Crippen LogP) is 5.08. The van der Waals surface area contributed by atoms with E-state index < -0.39 is 0 Å². The number of hydrogen-bond acceptors (Lipinski definition) is 3. The molecule has 1 saturated heterocycles. The van der Waals surface area contributed by atoms with E-state index >= 15 is 0 Å². The molecule has 1 aromatic heterocycles. The van der Waals surface area contributed by atoms with E-state index in [1.54, 1.807) is 0 Å². The van der Waals surface area contributed by atoms with E-state index in [1.165, 1.54) is 47.4 Å². The molecule has 124 valence electrons. The van der Waals surface area contributed by atoms with E-state index in [0.29, 0.717) is 11.3 Å². The van der Waals surface area contributed by atoms with Crippen LogP contribution in [0.25, 0.3) is 11.3 Å². The maximum Gasteiger partial charge on any atom is 0.0976 e. The lowest BCUT2D eigenvalue weighted by Gasteiger charge is -2.32. The van der Waals surface area contributed by atoms with Crippen molar-refractivity contribution in [2.45, 2.75) is 50.9 Å². The van der Waals surface area contributed by atoms with Gasteiger partial charge in [0.15, 0.2) is 0 Å². The molecule has 4 heteroatoms. The number of fused-ring (bicyclic) bond motifs is 1. The standard InChI is InChI=1S/C19H24N2S.BrH/c1-19(2)8-3-4-13-10-14(5-6-16(13)19)17-12-22-18(21-17)15-7-9-20-11-15;/h5-6,10,12,15,20H,3-4,7-9,11H2,1-2H3;1H. The van der Waals surface area contributed by atoms with Crippen molar-refractivity contribution in [2.75, 3.05) is 13.1 Å². The quantitative estimate of drug-likeness (QED) is 0.770. The maximum absolute atomic E-state index is 4.93. The van der Waals surface area contributed by atoms with E-state index in [-0.39, 0.29) is 17.0 Å². The van der Waals surface area contributed by atoms with Gasteiger partial charge in [-0.1, -0.05) is 26.0 Å². The Morgan fingerprint density at radius 3 is 2.96 bits per heavy atom. The Morgan fingerprint density at radius 1 is 1.30 bits per heavy atom. The van der Waals surface area contributed by atoms with Gasteiger partial charge in [0.2, 0.25) is 0 Å². The van der Waals surface area contributed by atoms with Crippen LogP contribution in [0.2, 0.25) is 0 Å². The van der Waals surface area contributed by atoms with Gasteiger partial charge in [-0.25, -0.2) is 4.98 Å². The summed E-state index contributed by atoms with van der Waals surface area (Å²) in [6.45, 7) is 6.97. The first-order valence-electron chi connectivity index (χ1n) is 8.43. The van der Waals surface area contributed by atoms with Gasteiger partial charge in [0, 0.05) is 23.4 Å². The molecule has 1 unspecified atom stereocenters. The summed E-state index contributed by atoms with van der Waals surface area (Å²) in [5.41, 5.74) is 5.86. The molecule has 1 aliphatic carbocycles. The Balaban J connectivity index is 0.00000156. The molecule has 2 nitrogen and oxygen atoms in total. The van der Waals surface area contributed by atoms with Gasteiger partial charge in [-0.3, -0.25) is 0 Å². The minimum atomic E-state index is 0. The van der Waals surface area contributed by atoms with Gasteiger partial charge in [-0.15, -0.1) is 28.3 Å². The molecule has 2 aliphatic rings. The summed E-state index contributed by atoms with van der Waals surface area (Å²) in [5, 5.41) is 6.98. The maximum atomic E-state index is 4.93. The van der Waals surface area contributed by atoms with E-state index in [2.05, 4.69) is 42.7 Å². The number of aromatic nitrogens is 1. The van der Waals surface area contributed by atoms with Gasteiger partial charge in [0.25, 0.3) is 0 Å². The van der Waals surface area contributed by atoms with Crippen molar-refractivity contribution in [3.8, 4) is 11.3 Å². The van der Waals surface area contributed by atoms with Crippen LogP contribution in [-0.4, -0.2) is 18.1 Å². The second-order valence-corrected chi connectivity index (χ2v) is 8.26. The van der Waals surface area contributed by atoms with Crippen molar-refractivity contribution in [1.29, 1.82) is 0 Å². The summed E-state index contributed by atoms with van der Waals surface area (Å²) < 4.78 is 0. The second kappa shape index (κ2) is 6.66. The van der Waals surface area contributed by atoms with Crippen LogP contribution in [0.5, 0.6) is 0 Å². The minimum absolute atomic E-state index is 0. The van der Waals surface area contributed by atoms with Crippen molar-refractivity contribution >= 4 is 28.3 Å². The van der Waals surface area contributed by atoms with Crippen molar-refractivity contribution in [2.24, 2.45) is 0 Å². The van der Waals surface area contributed by atoms with E-state index in [9.17, 15) is 0 Å². The van der Waals surface area contributed by atoms with Gasteiger partial charge in [-0.2, -0.15) is 0 Å². The Morgan fingerprint density at radius 2 is 2.17 bits per heavy atom. The third-order valence-corrected chi connectivity index (χ3v) is 6.32. The van der Waals surface area contributed by atoms with E-state index in [1.807, 2.05) is 11.3 Å². The molecule has 2 heterocycles. The zero-order valence-corrected chi connectivity index (χ0v) is 16.4. The fourth-order valence-corrected chi connectivity index (χ4v) is 4.91. The van der Waals surface area contributed by atoms with Crippen LogP contribution < -0.4 is 5.32 Å². The number of aryl methyl sites for hydroxylation is 1. The lowest BCUT2D eigenvalue weighted by Crippen LogP contribution is -2.23. The summed E-state index contributed by atoms with van der Waals surface area (Å²) >= 11 is 1.83. The van der Waals surface area contributed by atoms with Crippen LogP contribution in [-0.2, 0) is 11.8 Å². The number of thiazole rings is 1. The number of hydrogen-bond donors (Lipinski definition) is 1. The van der Waals surface area contributed by atoms with Crippen LogP contribution in [0.1, 0.15) is 55.2 Å². The third-order valence-electron chi connectivity index (χ3n) is 5.31. The SMILES string of the molecule is Br.CC1(C)CCCc2cc(-c3csc(C4CCNC4)n3)ccc21. The Kier molecular flexibility index (Phi) is 4.96. The normalized spacial score (nSPS) is 22.4. The number of nitrogens with zero attached hydrogens (tertiary/aromatic N) is 1. The monoisotopic (exact) mass is 392 g/mol. The fraction of sp³-hybridized carbons (Fsp3) is 0.526. The second-order valence-electron chi connectivity index (χ2n) is 7.37. The molecule has 0 amide bonds. The number of benzene rings is 1. The van der Waals surface area contributed by atoms with E-state index in [0.717, 1.165) is 18.8 Å². The molecule has 1 N–H and O–H groups in total. The highest BCUT2D eigenvalue weighted by atomic mass is 79.9. The molecule has 0 bridgehead atoms. The lowest BCUT2D eigenvalue weighted by atomic mass is 9.72. The van der Waals surface area contributed by atoms with Crippen LogP contribution >= 0.6 is 28.3 Å². The molecule has 0 saturated carbocycles. The first-order valence-corrected chi connectivity index (χ1v) is 9.31. The van der Waals surface area contributed by atoms with Crippen LogP contribution in [0.15, 0.2) is 23.6 Å². The van der Waals surface area contributed by atoms with E-state index in [4.69, 9.17) is 4.98 Å². The number of halogens is 1. The highest BCUT2D eigenvalue weighted by Gasteiger charge is 2.27. The first-order chi connectivity index (χ1) is 10.6. The molecule has 2 aromatic rings. The van der Waals surface area contributed by atoms with Crippen molar-refractivity contribution in [1.82, 2.24) is 10.3 Å². The van der Waals surface area contributed by atoms with Crippen LogP contribution in [0, 0.1) is 0 Å². The topological polar surface area (TPSA) is 24.9 Å². The minimum Gasteiger partial charge on any atom is -0.316 e. The molecule has 4 rings (SSSR count). The van der Waals surface area contributed by atoms with Crippen LogP contribution in [0.3, 0.4) is 0 Å². The van der Waals surface area contributed by atoms with Crippen LogP contribution in [0.4, 0.5) is 0 Å². The highest BCUT2D eigenvalue weighted by Crippen LogP contribution is 2.39. The molecule has 1 aromatic carbocycles.